The molecule has 0 aliphatic rings. The van der Waals surface area contributed by atoms with Crippen LogP contribution >= 0.6 is 11.6 Å². The number of ether oxygens (including phenoxy) is 1. The number of rotatable bonds is 5. The van der Waals surface area contributed by atoms with Crippen molar-refractivity contribution in [2.24, 2.45) is 0 Å². The van der Waals surface area contributed by atoms with Crippen LogP contribution in [0.1, 0.15) is 30.5 Å². The van der Waals surface area contributed by atoms with Crippen molar-refractivity contribution in [1.29, 1.82) is 0 Å². The number of hydrogen-bond donors (Lipinski definition) is 2. The van der Waals surface area contributed by atoms with Gasteiger partial charge in [-0.15, -0.1) is 0 Å². The molecular weight excluding hydrogens is 352 g/mol. The third-order valence-electron chi connectivity index (χ3n) is 4.23. The third-order valence-corrected chi connectivity index (χ3v) is 4.55. The minimum Gasteiger partial charge on any atom is -0.505 e. The summed E-state index contributed by atoms with van der Waals surface area (Å²) < 4.78 is 5.44. The molecule has 5 nitrogen and oxygen atoms in total. The maximum absolute atomic E-state index is 12.1. The highest BCUT2D eigenvalue weighted by atomic mass is 35.5. The van der Waals surface area contributed by atoms with E-state index in [1.54, 1.807) is 44.5 Å². The van der Waals surface area contributed by atoms with Crippen LogP contribution in [-0.4, -0.2) is 23.1 Å². The molecule has 3 rings (SSSR count). The van der Waals surface area contributed by atoms with Gasteiger partial charge in [-0.3, -0.25) is 9.78 Å². The topological polar surface area (TPSA) is 71.5 Å². The first-order valence-corrected chi connectivity index (χ1v) is 8.63. The summed E-state index contributed by atoms with van der Waals surface area (Å²) in [6.45, 7) is 1.77. The van der Waals surface area contributed by atoms with Crippen molar-refractivity contribution in [2.45, 2.75) is 19.4 Å². The van der Waals surface area contributed by atoms with Gasteiger partial charge in [0.25, 0.3) is 0 Å². The van der Waals surface area contributed by atoms with Crippen LogP contribution in [0.15, 0.2) is 48.7 Å². The quantitative estimate of drug-likeness (QED) is 0.705. The van der Waals surface area contributed by atoms with E-state index in [-0.39, 0.29) is 11.7 Å². The van der Waals surface area contributed by atoms with Gasteiger partial charge >= 0.3 is 0 Å². The Morgan fingerprint density at radius 1 is 1.27 bits per heavy atom. The summed E-state index contributed by atoms with van der Waals surface area (Å²) in [4.78, 5) is 16.4. The number of methoxy groups -OCH3 is 1. The van der Waals surface area contributed by atoms with Crippen molar-refractivity contribution in [1.82, 2.24) is 10.3 Å². The van der Waals surface area contributed by atoms with E-state index in [9.17, 15) is 9.90 Å². The minimum atomic E-state index is -0.623. The van der Waals surface area contributed by atoms with Crippen LogP contribution in [0, 0.1) is 0 Å². The van der Waals surface area contributed by atoms with Gasteiger partial charge in [0.15, 0.2) is 0 Å². The lowest BCUT2D eigenvalue weighted by molar-refractivity contribution is -0.121. The molecular formula is C20H19ClN2O3. The van der Waals surface area contributed by atoms with E-state index in [2.05, 4.69) is 10.3 Å². The molecule has 2 N–H and O–H groups in total. The van der Waals surface area contributed by atoms with Crippen LogP contribution < -0.4 is 10.1 Å². The fourth-order valence-electron chi connectivity index (χ4n) is 2.92. The van der Waals surface area contributed by atoms with Gasteiger partial charge in [-0.2, -0.15) is 0 Å². The van der Waals surface area contributed by atoms with Crippen LogP contribution in [0.25, 0.3) is 10.9 Å². The molecule has 0 spiro atoms. The second-order valence-corrected chi connectivity index (χ2v) is 6.20. The van der Waals surface area contributed by atoms with Crippen LogP contribution in [0.3, 0.4) is 0 Å². The number of phenols is 1. The molecule has 0 fully saturated rings. The maximum atomic E-state index is 12.1. The van der Waals surface area contributed by atoms with E-state index in [1.807, 2.05) is 18.2 Å². The van der Waals surface area contributed by atoms with E-state index < -0.39 is 6.04 Å². The van der Waals surface area contributed by atoms with Gasteiger partial charge in [-0.25, -0.2) is 0 Å². The van der Waals surface area contributed by atoms with E-state index in [4.69, 9.17) is 16.3 Å². The molecule has 134 valence electrons. The van der Waals surface area contributed by atoms with Crippen LogP contribution in [-0.2, 0) is 4.79 Å². The lowest BCUT2D eigenvalue weighted by Crippen LogP contribution is -2.29. The number of fused-ring (bicyclic) bond motifs is 1. The number of pyridine rings is 1. The average Bonchev–Trinajstić information content (AvgIpc) is 2.69. The smallest absolute Gasteiger partial charge is 0.220 e. The van der Waals surface area contributed by atoms with Gasteiger partial charge in [-0.05, 0) is 24.3 Å². The van der Waals surface area contributed by atoms with Crippen LogP contribution in [0.5, 0.6) is 11.5 Å². The number of amides is 1. The number of aromatic nitrogens is 1. The first-order chi connectivity index (χ1) is 12.6. The predicted molar refractivity (Wildman–Crippen MR) is 102 cm³/mol. The molecule has 26 heavy (non-hydrogen) atoms. The number of nitrogens with one attached hydrogen (secondary N) is 1. The minimum absolute atomic E-state index is 0.0164. The Labute approximate surface area is 156 Å². The lowest BCUT2D eigenvalue weighted by Gasteiger charge is -2.23. The normalized spacial score (nSPS) is 12.0. The van der Waals surface area contributed by atoms with E-state index in [1.165, 1.54) is 0 Å². The Kier molecular flexibility index (Phi) is 5.28. The number of hydrogen-bond acceptors (Lipinski definition) is 4. The van der Waals surface area contributed by atoms with Gasteiger partial charge in [0.1, 0.15) is 17.0 Å². The van der Waals surface area contributed by atoms with E-state index in [0.29, 0.717) is 33.7 Å². The monoisotopic (exact) mass is 370 g/mol. The molecule has 0 radical (unpaired) electrons. The first-order valence-electron chi connectivity index (χ1n) is 8.25. The lowest BCUT2D eigenvalue weighted by atomic mass is 9.95. The molecule has 1 heterocycles. The highest BCUT2D eigenvalue weighted by Gasteiger charge is 2.25. The number of phenolic OH excluding ortho intramolecular Hbond substituents is 1. The molecule has 0 aliphatic heterocycles. The Morgan fingerprint density at radius 3 is 2.77 bits per heavy atom. The maximum Gasteiger partial charge on any atom is 0.220 e. The first kappa shape index (κ1) is 18.0. The summed E-state index contributed by atoms with van der Waals surface area (Å²) in [5.41, 5.74) is 1.58. The Morgan fingerprint density at radius 2 is 2.04 bits per heavy atom. The summed E-state index contributed by atoms with van der Waals surface area (Å²) in [7, 11) is 1.56. The number of para-hydroxylation sites is 1. The summed E-state index contributed by atoms with van der Waals surface area (Å²) in [5.74, 6) is 0.431. The van der Waals surface area contributed by atoms with Crippen molar-refractivity contribution in [2.75, 3.05) is 7.11 Å². The number of aromatic hydroxyl groups is 1. The van der Waals surface area contributed by atoms with Crippen LogP contribution in [0.4, 0.5) is 0 Å². The Hall–Kier alpha value is -2.79. The zero-order chi connectivity index (χ0) is 18.7. The molecule has 1 amide bonds. The number of nitrogens with zero attached hydrogens (tertiary/aromatic N) is 1. The summed E-state index contributed by atoms with van der Waals surface area (Å²) in [6.07, 6.45) is 1.90. The second kappa shape index (κ2) is 7.62. The largest absolute Gasteiger partial charge is 0.505 e. The van der Waals surface area contributed by atoms with E-state index in [0.717, 1.165) is 5.56 Å². The van der Waals surface area contributed by atoms with Crippen molar-refractivity contribution in [3.05, 3.63) is 64.8 Å². The molecule has 1 atom stereocenters. The van der Waals surface area contributed by atoms with Gasteiger partial charge < -0.3 is 15.2 Å². The van der Waals surface area contributed by atoms with Crippen molar-refractivity contribution in [3.63, 3.8) is 0 Å². The molecule has 0 saturated carbocycles. The number of benzene rings is 2. The molecule has 2 aromatic carbocycles. The highest BCUT2D eigenvalue weighted by Crippen LogP contribution is 2.40. The molecule has 1 unspecified atom stereocenters. The van der Waals surface area contributed by atoms with Gasteiger partial charge in [-0.1, -0.05) is 36.7 Å². The van der Waals surface area contributed by atoms with Crippen molar-refractivity contribution < 1.29 is 14.6 Å². The van der Waals surface area contributed by atoms with Crippen molar-refractivity contribution in [3.8, 4) is 11.5 Å². The molecule has 6 heteroatoms. The molecule has 1 aromatic heterocycles. The fourth-order valence-corrected chi connectivity index (χ4v) is 3.19. The molecule has 0 aliphatic carbocycles. The highest BCUT2D eigenvalue weighted by molar-refractivity contribution is 6.35. The SMILES string of the molecule is CCC(=O)NC(c1ccccc1OC)c1cc(Cl)c2cccnc2c1O. The Bertz CT molecular complexity index is 959. The zero-order valence-electron chi connectivity index (χ0n) is 14.5. The number of halogens is 1. The zero-order valence-corrected chi connectivity index (χ0v) is 15.2. The second-order valence-electron chi connectivity index (χ2n) is 5.79. The number of carbonyl (C=O) groups is 1. The predicted octanol–water partition coefficient (Wildman–Crippen LogP) is 4.22. The fraction of sp³-hybridized carbons (Fsp3) is 0.200. The van der Waals surface area contributed by atoms with Gasteiger partial charge in [0.05, 0.1) is 18.2 Å². The average molecular weight is 371 g/mol. The standard InChI is InChI=1S/C20H19ClN2O3/c1-3-17(24)23-18(13-7-4-5-9-16(13)26-2)14-11-15(21)12-8-6-10-22-19(12)20(14)25/h4-11,18,25H,3H2,1-2H3,(H,23,24). The number of carbonyl (C=O) groups excluding carboxylic acids is 1. The van der Waals surface area contributed by atoms with Crippen LogP contribution in [0.2, 0.25) is 5.02 Å². The van der Waals surface area contributed by atoms with E-state index >= 15 is 0 Å². The van der Waals surface area contributed by atoms with Crippen molar-refractivity contribution >= 4 is 28.4 Å². The molecule has 0 saturated heterocycles. The molecule has 0 bridgehead atoms. The molecule has 3 aromatic rings. The third kappa shape index (κ3) is 3.30. The van der Waals surface area contributed by atoms with Gasteiger partial charge in [0.2, 0.25) is 5.91 Å². The summed E-state index contributed by atoms with van der Waals surface area (Å²) >= 11 is 6.41. The summed E-state index contributed by atoms with van der Waals surface area (Å²) in [5, 5.41) is 14.9. The van der Waals surface area contributed by atoms with Gasteiger partial charge in [0, 0.05) is 29.1 Å². The summed E-state index contributed by atoms with van der Waals surface area (Å²) in [6, 6.07) is 11.9. The Balaban J connectivity index is 2.24.